The Morgan fingerprint density at radius 1 is 0.333 bits per heavy atom. The molecule has 3 nitrogen and oxygen atoms in total. The van der Waals surface area contributed by atoms with Crippen LogP contribution < -0.4 is 0 Å². The second-order valence-electron chi connectivity index (χ2n) is 13.3. The zero-order chi connectivity index (χ0) is 36.3. The molecular weight excluding hydrogens is 655 g/mol. The van der Waals surface area contributed by atoms with Crippen molar-refractivity contribution in [3.05, 3.63) is 206 Å². The molecule has 3 heteroatoms. The molecule has 0 fully saturated rings. The minimum Gasteiger partial charge on any atom is -0.227 e. The van der Waals surface area contributed by atoms with Gasteiger partial charge in [-0.25, -0.2) is 9.97 Å². The van der Waals surface area contributed by atoms with Gasteiger partial charge in [-0.15, -0.1) is 0 Å². The van der Waals surface area contributed by atoms with Crippen LogP contribution >= 0.6 is 0 Å². The molecule has 0 N–H and O–H groups in total. The van der Waals surface area contributed by atoms with Crippen LogP contribution in [-0.2, 0) is 0 Å². The summed E-state index contributed by atoms with van der Waals surface area (Å²) in [4.78, 5) is 10.5. The smallest absolute Gasteiger partial charge is 0.160 e. The summed E-state index contributed by atoms with van der Waals surface area (Å²) >= 11 is 0. The van der Waals surface area contributed by atoms with Gasteiger partial charge in [0.05, 0.1) is 23.0 Å². The van der Waals surface area contributed by atoms with Gasteiger partial charge in [-0.05, 0) is 61.8 Å². The van der Waals surface area contributed by atoms with Gasteiger partial charge in [0, 0.05) is 22.3 Å². The number of nitrogens with zero attached hydrogens (tertiary/aromatic N) is 3. The standard InChI is InChI=1S/C51H33N3/c52-34-35-20-22-36(23-21-35)37-24-26-39(27-25-37)46-33-32-38-12-10-11-19-45(38)47(46)41-28-30-43(31-29-41)50-48(40-13-4-1-5-14-40)49(42-15-6-2-7-16-42)53-51(54-50)44-17-8-3-9-18-44/h1-33H. The number of rotatable bonds is 7. The SMILES string of the molecule is N#Cc1ccc(-c2ccc(-c3ccc4ccccc4c3-c3ccc(-c4nc(-c5ccccc5)nc(-c5ccccc5)c4-c4ccccc4)cc3)cc2)cc1. The molecule has 0 aliphatic rings. The van der Waals surface area contributed by atoms with Crippen LogP contribution in [0.5, 0.6) is 0 Å². The summed E-state index contributed by atoms with van der Waals surface area (Å²) in [6, 6.07) is 71.6. The highest BCUT2D eigenvalue weighted by Crippen LogP contribution is 2.42. The summed E-state index contributed by atoms with van der Waals surface area (Å²) in [5, 5.41) is 11.6. The van der Waals surface area contributed by atoms with Gasteiger partial charge in [-0.2, -0.15) is 5.26 Å². The Labute approximate surface area is 315 Å². The molecule has 0 aliphatic heterocycles. The number of aromatic nitrogens is 2. The summed E-state index contributed by atoms with van der Waals surface area (Å²) < 4.78 is 0. The van der Waals surface area contributed by atoms with E-state index in [-0.39, 0.29) is 0 Å². The Hall–Kier alpha value is -7.41. The maximum Gasteiger partial charge on any atom is 0.160 e. The van der Waals surface area contributed by atoms with Gasteiger partial charge in [0.2, 0.25) is 0 Å². The van der Waals surface area contributed by atoms with Crippen LogP contribution in [0.3, 0.4) is 0 Å². The fraction of sp³-hybridized carbons (Fsp3) is 0. The third kappa shape index (κ3) is 6.23. The van der Waals surface area contributed by atoms with Crippen molar-refractivity contribution in [2.24, 2.45) is 0 Å². The first-order valence-corrected chi connectivity index (χ1v) is 18.1. The number of fused-ring (bicyclic) bond motifs is 1. The minimum atomic E-state index is 0.659. The molecule has 252 valence electrons. The monoisotopic (exact) mass is 687 g/mol. The molecule has 0 bridgehead atoms. The predicted octanol–water partition coefficient (Wildman–Crippen LogP) is 13.2. The van der Waals surface area contributed by atoms with E-state index in [0.29, 0.717) is 11.4 Å². The molecule has 9 aromatic rings. The molecule has 0 saturated heterocycles. The molecule has 1 aromatic heterocycles. The lowest BCUT2D eigenvalue weighted by atomic mass is 9.88. The van der Waals surface area contributed by atoms with Crippen LogP contribution in [0.4, 0.5) is 0 Å². The van der Waals surface area contributed by atoms with E-state index < -0.39 is 0 Å². The van der Waals surface area contributed by atoms with Crippen LogP contribution in [0.2, 0.25) is 0 Å². The Kier molecular flexibility index (Phi) is 8.61. The fourth-order valence-electron chi connectivity index (χ4n) is 7.27. The van der Waals surface area contributed by atoms with E-state index in [1.807, 2.05) is 54.6 Å². The van der Waals surface area contributed by atoms with E-state index in [1.54, 1.807) is 0 Å². The van der Waals surface area contributed by atoms with Gasteiger partial charge in [0.25, 0.3) is 0 Å². The molecular formula is C51H33N3. The van der Waals surface area contributed by atoms with E-state index in [4.69, 9.17) is 9.97 Å². The molecule has 0 atom stereocenters. The highest BCUT2D eigenvalue weighted by atomic mass is 14.9. The van der Waals surface area contributed by atoms with Crippen LogP contribution in [-0.4, -0.2) is 9.97 Å². The van der Waals surface area contributed by atoms with E-state index in [0.717, 1.165) is 67.0 Å². The largest absolute Gasteiger partial charge is 0.227 e. The van der Waals surface area contributed by atoms with Crippen molar-refractivity contribution in [3.8, 4) is 84.5 Å². The number of nitriles is 1. The van der Waals surface area contributed by atoms with E-state index in [9.17, 15) is 5.26 Å². The Bertz CT molecular complexity index is 2770. The van der Waals surface area contributed by atoms with Crippen molar-refractivity contribution in [3.63, 3.8) is 0 Å². The molecule has 0 radical (unpaired) electrons. The second kappa shape index (κ2) is 14.3. The zero-order valence-electron chi connectivity index (χ0n) is 29.4. The van der Waals surface area contributed by atoms with E-state index in [1.165, 1.54) is 16.3 Å². The molecule has 0 aliphatic carbocycles. The lowest BCUT2D eigenvalue weighted by Gasteiger charge is -2.18. The van der Waals surface area contributed by atoms with E-state index in [2.05, 4.69) is 152 Å². The number of hydrogen-bond acceptors (Lipinski definition) is 3. The summed E-state index contributed by atoms with van der Waals surface area (Å²) in [5.74, 6) is 0.689. The van der Waals surface area contributed by atoms with Gasteiger partial charge in [0.1, 0.15) is 0 Å². The van der Waals surface area contributed by atoms with Crippen molar-refractivity contribution in [2.45, 2.75) is 0 Å². The molecule has 0 spiro atoms. The Morgan fingerprint density at radius 2 is 0.778 bits per heavy atom. The molecule has 0 unspecified atom stereocenters. The first-order valence-electron chi connectivity index (χ1n) is 18.1. The maximum absolute atomic E-state index is 9.24. The van der Waals surface area contributed by atoms with Gasteiger partial charge < -0.3 is 0 Å². The summed E-state index contributed by atoms with van der Waals surface area (Å²) in [6.07, 6.45) is 0. The quantitative estimate of drug-likeness (QED) is 0.168. The number of benzene rings is 8. The topological polar surface area (TPSA) is 49.6 Å². The van der Waals surface area contributed by atoms with Crippen molar-refractivity contribution in [2.75, 3.05) is 0 Å². The normalized spacial score (nSPS) is 10.9. The molecule has 1 heterocycles. The van der Waals surface area contributed by atoms with Crippen LogP contribution in [0, 0.1) is 11.3 Å². The number of hydrogen-bond donors (Lipinski definition) is 0. The average Bonchev–Trinajstić information content (AvgIpc) is 3.26. The zero-order valence-corrected chi connectivity index (χ0v) is 29.4. The molecule has 0 amide bonds. The van der Waals surface area contributed by atoms with Crippen molar-refractivity contribution in [1.82, 2.24) is 9.97 Å². The van der Waals surface area contributed by atoms with E-state index >= 15 is 0 Å². The van der Waals surface area contributed by atoms with Gasteiger partial charge in [-0.3, -0.25) is 0 Å². The minimum absolute atomic E-state index is 0.659. The van der Waals surface area contributed by atoms with Gasteiger partial charge in [-0.1, -0.05) is 188 Å². The lowest BCUT2D eigenvalue weighted by molar-refractivity contribution is 1.18. The lowest BCUT2D eigenvalue weighted by Crippen LogP contribution is -2.00. The van der Waals surface area contributed by atoms with Crippen molar-refractivity contribution in [1.29, 1.82) is 5.26 Å². The summed E-state index contributed by atoms with van der Waals surface area (Å²) in [6.45, 7) is 0. The average molecular weight is 688 g/mol. The molecule has 8 aromatic carbocycles. The summed E-state index contributed by atoms with van der Waals surface area (Å²) in [7, 11) is 0. The van der Waals surface area contributed by atoms with Crippen LogP contribution in [0.1, 0.15) is 5.56 Å². The third-order valence-electron chi connectivity index (χ3n) is 9.97. The maximum atomic E-state index is 9.24. The predicted molar refractivity (Wildman–Crippen MR) is 222 cm³/mol. The first-order chi connectivity index (χ1) is 26.7. The van der Waals surface area contributed by atoms with Gasteiger partial charge >= 0.3 is 0 Å². The fourth-order valence-corrected chi connectivity index (χ4v) is 7.27. The van der Waals surface area contributed by atoms with Crippen molar-refractivity contribution < 1.29 is 0 Å². The van der Waals surface area contributed by atoms with Crippen LogP contribution in [0.15, 0.2) is 200 Å². The Morgan fingerprint density at radius 3 is 1.39 bits per heavy atom. The van der Waals surface area contributed by atoms with Crippen LogP contribution in [0.25, 0.3) is 89.2 Å². The first kappa shape index (κ1) is 32.5. The van der Waals surface area contributed by atoms with Crippen molar-refractivity contribution >= 4 is 10.8 Å². The molecule has 54 heavy (non-hydrogen) atoms. The highest BCUT2D eigenvalue weighted by Gasteiger charge is 2.21. The Balaban J connectivity index is 1.20. The summed E-state index contributed by atoms with van der Waals surface area (Å²) in [5.41, 5.74) is 14.4. The third-order valence-corrected chi connectivity index (χ3v) is 9.97. The second-order valence-corrected chi connectivity index (χ2v) is 13.3. The van der Waals surface area contributed by atoms with Gasteiger partial charge in [0.15, 0.2) is 5.82 Å². The highest BCUT2D eigenvalue weighted by molar-refractivity contribution is 6.04. The molecule has 9 rings (SSSR count). The molecule has 0 saturated carbocycles.